The van der Waals surface area contributed by atoms with E-state index in [1.807, 2.05) is 54.0 Å². The third kappa shape index (κ3) is 5.03. The Morgan fingerprint density at radius 2 is 1.97 bits per heavy atom. The van der Waals surface area contributed by atoms with E-state index in [9.17, 15) is 4.79 Å². The Morgan fingerprint density at radius 1 is 1.20 bits per heavy atom. The molecule has 1 fully saturated rings. The molecular weight excluding hydrogens is 466 g/mol. The number of ether oxygens (including phenoxy) is 1. The van der Waals surface area contributed by atoms with E-state index in [0.717, 1.165) is 34.6 Å². The molecule has 1 aliphatic heterocycles. The summed E-state index contributed by atoms with van der Waals surface area (Å²) in [5, 5.41) is 11.9. The van der Waals surface area contributed by atoms with Crippen LogP contribution >= 0.6 is 27.7 Å². The number of amides is 1. The van der Waals surface area contributed by atoms with Crippen molar-refractivity contribution in [1.82, 2.24) is 14.8 Å². The highest BCUT2D eigenvalue weighted by atomic mass is 79.9. The second kappa shape index (κ2) is 9.63. The quantitative estimate of drug-likeness (QED) is 0.531. The molecule has 1 aliphatic rings. The van der Waals surface area contributed by atoms with Gasteiger partial charge < -0.3 is 15.0 Å². The van der Waals surface area contributed by atoms with Gasteiger partial charge in [-0.2, -0.15) is 0 Å². The third-order valence-corrected chi connectivity index (χ3v) is 6.18. The first kappa shape index (κ1) is 20.9. The van der Waals surface area contributed by atoms with Crippen LogP contribution in [0.5, 0.6) is 0 Å². The van der Waals surface area contributed by atoms with E-state index < -0.39 is 0 Å². The van der Waals surface area contributed by atoms with Crippen LogP contribution in [-0.4, -0.2) is 52.7 Å². The van der Waals surface area contributed by atoms with Gasteiger partial charge in [0.2, 0.25) is 5.91 Å². The first-order chi connectivity index (χ1) is 14.6. The molecule has 4 rings (SSSR count). The maximum atomic E-state index is 12.7. The number of hydrogen-bond donors (Lipinski definition) is 1. The molecule has 2 aromatic carbocycles. The van der Waals surface area contributed by atoms with E-state index in [1.165, 1.54) is 17.3 Å². The van der Waals surface area contributed by atoms with E-state index in [0.29, 0.717) is 18.4 Å². The van der Waals surface area contributed by atoms with Gasteiger partial charge in [0.15, 0.2) is 5.16 Å². The number of thioether (sulfide) groups is 1. The molecule has 0 radical (unpaired) electrons. The van der Waals surface area contributed by atoms with Gasteiger partial charge in [0.05, 0.1) is 30.3 Å². The van der Waals surface area contributed by atoms with Crippen LogP contribution < -0.4 is 10.2 Å². The lowest BCUT2D eigenvalue weighted by atomic mass is 10.2. The molecule has 1 N–H and O–H groups in total. The summed E-state index contributed by atoms with van der Waals surface area (Å²) in [5.74, 6) is 0.144. The van der Waals surface area contributed by atoms with Gasteiger partial charge in [0.25, 0.3) is 0 Å². The van der Waals surface area contributed by atoms with Crippen molar-refractivity contribution in [3.8, 4) is 5.69 Å². The molecule has 0 unspecified atom stereocenters. The van der Waals surface area contributed by atoms with E-state index in [4.69, 9.17) is 4.74 Å². The number of aromatic nitrogens is 3. The average Bonchev–Trinajstić information content (AvgIpc) is 3.22. The summed E-state index contributed by atoms with van der Waals surface area (Å²) in [4.78, 5) is 14.9. The van der Waals surface area contributed by atoms with Gasteiger partial charge in [-0.3, -0.25) is 9.36 Å². The van der Waals surface area contributed by atoms with E-state index in [1.54, 1.807) is 6.33 Å². The van der Waals surface area contributed by atoms with Gasteiger partial charge in [-0.05, 0) is 37.3 Å². The largest absolute Gasteiger partial charge is 0.378 e. The SMILES string of the molecule is Cc1ccc(-n2cnnc2SCC(=O)Nc2cc(Br)ccc2N2CCOCC2)cc1. The molecule has 156 valence electrons. The summed E-state index contributed by atoms with van der Waals surface area (Å²) < 4.78 is 8.25. The molecule has 3 aromatic rings. The summed E-state index contributed by atoms with van der Waals surface area (Å²) in [7, 11) is 0. The monoisotopic (exact) mass is 487 g/mol. The van der Waals surface area contributed by atoms with Gasteiger partial charge in [0.1, 0.15) is 6.33 Å². The molecule has 0 atom stereocenters. The first-order valence-electron chi connectivity index (χ1n) is 9.62. The number of anilines is 2. The molecule has 0 aliphatic carbocycles. The topological polar surface area (TPSA) is 72.3 Å². The summed E-state index contributed by atoms with van der Waals surface area (Å²) in [5.41, 5.74) is 3.94. The summed E-state index contributed by atoms with van der Waals surface area (Å²) >= 11 is 4.86. The average molecular weight is 488 g/mol. The number of nitrogens with zero attached hydrogens (tertiary/aromatic N) is 4. The van der Waals surface area contributed by atoms with Crippen molar-refractivity contribution in [1.29, 1.82) is 0 Å². The van der Waals surface area contributed by atoms with Crippen molar-refractivity contribution < 1.29 is 9.53 Å². The van der Waals surface area contributed by atoms with Gasteiger partial charge in [0, 0.05) is 23.2 Å². The Bertz CT molecular complexity index is 1020. The lowest BCUT2D eigenvalue weighted by Crippen LogP contribution is -2.36. The fourth-order valence-corrected chi connectivity index (χ4v) is 4.30. The lowest BCUT2D eigenvalue weighted by Gasteiger charge is -2.30. The van der Waals surface area contributed by atoms with Crippen molar-refractivity contribution in [2.75, 3.05) is 42.3 Å². The zero-order chi connectivity index (χ0) is 20.9. The Labute approximate surface area is 187 Å². The molecule has 9 heteroatoms. The Morgan fingerprint density at radius 3 is 2.73 bits per heavy atom. The van der Waals surface area contributed by atoms with Crippen LogP contribution in [0, 0.1) is 6.92 Å². The fourth-order valence-electron chi connectivity index (χ4n) is 3.21. The molecule has 0 spiro atoms. The highest BCUT2D eigenvalue weighted by molar-refractivity contribution is 9.10. The zero-order valence-corrected chi connectivity index (χ0v) is 18.9. The predicted molar refractivity (Wildman–Crippen MR) is 123 cm³/mol. The third-order valence-electron chi connectivity index (χ3n) is 4.75. The second-order valence-corrected chi connectivity index (χ2v) is 8.77. The van der Waals surface area contributed by atoms with Crippen LogP contribution in [0.15, 0.2) is 58.4 Å². The molecule has 7 nitrogen and oxygen atoms in total. The molecule has 1 aromatic heterocycles. The minimum absolute atomic E-state index is 0.0916. The van der Waals surface area contributed by atoms with Crippen LogP contribution in [0.3, 0.4) is 0 Å². The molecule has 30 heavy (non-hydrogen) atoms. The minimum Gasteiger partial charge on any atom is -0.378 e. The summed E-state index contributed by atoms with van der Waals surface area (Å²) in [6.45, 7) is 5.03. The molecule has 1 amide bonds. The van der Waals surface area contributed by atoms with Crippen LogP contribution in [0.1, 0.15) is 5.56 Å². The van der Waals surface area contributed by atoms with Crippen molar-refractivity contribution in [3.63, 3.8) is 0 Å². The Balaban J connectivity index is 1.43. The maximum Gasteiger partial charge on any atom is 0.234 e. The predicted octanol–water partition coefficient (Wildman–Crippen LogP) is 3.91. The van der Waals surface area contributed by atoms with Gasteiger partial charge >= 0.3 is 0 Å². The Hall–Kier alpha value is -2.36. The van der Waals surface area contributed by atoms with Gasteiger partial charge in [-0.25, -0.2) is 0 Å². The van der Waals surface area contributed by atoms with E-state index in [-0.39, 0.29) is 11.7 Å². The number of carbonyl (C=O) groups excluding carboxylic acids is 1. The molecule has 0 saturated carbocycles. The minimum atomic E-state index is -0.0916. The first-order valence-corrected chi connectivity index (χ1v) is 11.4. The van der Waals surface area contributed by atoms with Gasteiger partial charge in [-0.15, -0.1) is 10.2 Å². The molecule has 1 saturated heterocycles. The zero-order valence-electron chi connectivity index (χ0n) is 16.5. The molecule has 2 heterocycles. The number of hydrogen-bond acceptors (Lipinski definition) is 6. The fraction of sp³-hybridized carbons (Fsp3) is 0.286. The number of halogens is 1. The smallest absolute Gasteiger partial charge is 0.234 e. The highest BCUT2D eigenvalue weighted by Crippen LogP contribution is 2.30. The maximum absolute atomic E-state index is 12.7. The number of morpholine rings is 1. The van der Waals surface area contributed by atoms with Crippen LogP contribution in [0.4, 0.5) is 11.4 Å². The number of rotatable bonds is 6. The van der Waals surface area contributed by atoms with Crippen molar-refractivity contribution in [3.05, 3.63) is 58.8 Å². The van der Waals surface area contributed by atoms with Crippen LogP contribution in [-0.2, 0) is 9.53 Å². The number of nitrogens with one attached hydrogen (secondary N) is 1. The second-order valence-electron chi connectivity index (χ2n) is 6.92. The summed E-state index contributed by atoms with van der Waals surface area (Å²) in [6, 6.07) is 14.0. The molecule has 0 bridgehead atoms. The van der Waals surface area contributed by atoms with Crippen LogP contribution in [0.2, 0.25) is 0 Å². The van der Waals surface area contributed by atoms with E-state index in [2.05, 4.69) is 36.3 Å². The van der Waals surface area contributed by atoms with Crippen molar-refractivity contribution in [2.45, 2.75) is 12.1 Å². The number of carbonyl (C=O) groups is 1. The van der Waals surface area contributed by atoms with Crippen molar-refractivity contribution in [2.24, 2.45) is 0 Å². The normalized spacial score (nSPS) is 14.0. The van der Waals surface area contributed by atoms with E-state index >= 15 is 0 Å². The Kier molecular flexibility index (Phi) is 6.71. The van der Waals surface area contributed by atoms with Gasteiger partial charge in [-0.1, -0.05) is 45.4 Å². The lowest BCUT2D eigenvalue weighted by molar-refractivity contribution is -0.113. The molecular formula is C21H22BrN5O2S. The van der Waals surface area contributed by atoms with Crippen LogP contribution in [0.25, 0.3) is 5.69 Å². The highest BCUT2D eigenvalue weighted by Gasteiger charge is 2.17. The number of aryl methyl sites for hydroxylation is 1. The number of benzene rings is 2. The summed E-state index contributed by atoms with van der Waals surface area (Å²) in [6.07, 6.45) is 1.66. The van der Waals surface area contributed by atoms with Crippen molar-refractivity contribution >= 4 is 45.0 Å². The standard InChI is InChI=1S/C21H22BrN5O2S/c1-15-2-5-17(6-3-15)27-14-23-25-21(27)30-13-20(28)24-18-12-16(22)4-7-19(18)26-8-10-29-11-9-26/h2-7,12,14H,8-11,13H2,1H3,(H,24,28).